The highest BCUT2D eigenvalue weighted by molar-refractivity contribution is 5.86. The summed E-state index contributed by atoms with van der Waals surface area (Å²) in [7, 11) is 0. The highest BCUT2D eigenvalue weighted by Gasteiger charge is 2.29. The molecule has 190 valence electrons. The lowest BCUT2D eigenvalue weighted by Crippen LogP contribution is -2.27. The maximum Gasteiger partial charge on any atom is 0.339 e. The zero-order chi connectivity index (χ0) is 25.1. The molecule has 0 amide bonds. The standard InChI is InChI=1S/C28H43NO5/c1-7-29(8-2)22-13-14-23-24(20-26(30)34-25(23)19-22)32-17-11-9-10-12-18-33-27(31)28(5,6)16-15-21(3)4/h13-14,19-21H,7-12,15-18H2,1-6H3. The van der Waals surface area contributed by atoms with Crippen LogP contribution in [0.2, 0.25) is 0 Å². The third-order valence-electron chi connectivity index (χ3n) is 6.25. The zero-order valence-electron chi connectivity index (χ0n) is 21.9. The summed E-state index contributed by atoms with van der Waals surface area (Å²) in [5.41, 5.74) is 0.749. The second-order valence-corrected chi connectivity index (χ2v) is 10.00. The molecular weight excluding hydrogens is 430 g/mol. The third kappa shape index (κ3) is 8.37. The monoisotopic (exact) mass is 473 g/mol. The first-order chi connectivity index (χ1) is 16.2. The maximum absolute atomic E-state index is 12.3. The van der Waals surface area contributed by atoms with Gasteiger partial charge < -0.3 is 18.8 Å². The van der Waals surface area contributed by atoms with Gasteiger partial charge in [-0.25, -0.2) is 4.79 Å². The fraction of sp³-hybridized carbons (Fsp3) is 0.643. The highest BCUT2D eigenvalue weighted by atomic mass is 16.5. The number of rotatable bonds is 15. The van der Waals surface area contributed by atoms with Crippen molar-refractivity contribution in [3.63, 3.8) is 0 Å². The third-order valence-corrected chi connectivity index (χ3v) is 6.25. The van der Waals surface area contributed by atoms with Crippen molar-refractivity contribution in [3.8, 4) is 5.75 Å². The molecule has 0 saturated carbocycles. The van der Waals surface area contributed by atoms with Gasteiger partial charge in [-0.15, -0.1) is 0 Å². The summed E-state index contributed by atoms with van der Waals surface area (Å²) in [4.78, 5) is 26.6. The zero-order valence-corrected chi connectivity index (χ0v) is 21.9. The molecule has 34 heavy (non-hydrogen) atoms. The van der Waals surface area contributed by atoms with Gasteiger partial charge in [0.25, 0.3) is 0 Å². The molecule has 0 aliphatic heterocycles. The van der Waals surface area contributed by atoms with Crippen LogP contribution in [0.5, 0.6) is 5.75 Å². The lowest BCUT2D eigenvalue weighted by Gasteiger charge is -2.23. The van der Waals surface area contributed by atoms with Crippen LogP contribution >= 0.6 is 0 Å². The summed E-state index contributed by atoms with van der Waals surface area (Å²) in [5.74, 6) is 1.05. The van der Waals surface area contributed by atoms with Crippen LogP contribution in [0.4, 0.5) is 5.69 Å². The number of nitrogens with zero attached hydrogens (tertiary/aromatic N) is 1. The van der Waals surface area contributed by atoms with Gasteiger partial charge in [-0.1, -0.05) is 13.8 Å². The Hall–Kier alpha value is -2.50. The lowest BCUT2D eigenvalue weighted by atomic mass is 9.85. The molecule has 6 nitrogen and oxygen atoms in total. The van der Waals surface area contributed by atoms with E-state index < -0.39 is 11.0 Å². The van der Waals surface area contributed by atoms with E-state index in [-0.39, 0.29) is 5.97 Å². The van der Waals surface area contributed by atoms with E-state index in [1.165, 1.54) is 6.07 Å². The molecule has 0 N–H and O–H groups in total. The number of hydrogen-bond acceptors (Lipinski definition) is 6. The minimum Gasteiger partial charge on any atom is -0.493 e. The van der Waals surface area contributed by atoms with Gasteiger partial charge in [0.2, 0.25) is 0 Å². The normalized spacial score (nSPS) is 11.7. The Morgan fingerprint density at radius 2 is 1.71 bits per heavy atom. The summed E-state index contributed by atoms with van der Waals surface area (Å²) in [6, 6.07) is 7.31. The van der Waals surface area contributed by atoms with Crippen LogP contribution in [0.25, 0.3) is 11.0 Å². The molecule has 0 spiro atoms. The van der Waals surface area contributed by atoms with Gasteiger partial charge >= 0.3 is 11.6 Å². The predicted molar refractivity (Wildman–Crippen MR) is 139 cm³/mol. The summed E-state index contributed by atoms with van der Waals surface area (Å²) >= 11 is 0. The Morgan fingerprint density at radius 1 is 1.03 bits per heavy atom. The van der Waals surface area contributed by atoms with E-state index in [2.05, 4.69) is 32.6 Å². The largest absolute Gasteiger partial charge is 0.493 e. The van der Waals surface area contributed by atoms with Crippen molar-refractivity contribution in [2.75, 3.05) is 31.2 Å². The molecule has 0 unspecified atom stereocenters. The first-order valence-corrected chi connectivity index (χ1v) is 12.8. The van der Waals surface area contributed by atoms with Crippen LogP contribution in [0.1, 0.15) is 80.1 Å². The number of ether oxygens (including phenoxy) is 2. The van der Waals surface area contributed by atoms with Crippen molar-refractivity contribution in [1.29, 1.82) is 0 Å². The minimum atomic E-state index is -0.421. The van der Waals surface area contributed by atoms with Crippen LogP contribution in [0.3, 0.4) is 0 Å². The van der Waals surface area contributed by atoms with Crippen molar-refractivity contribution in [2.24, 2.45) is 11.3 Å². The minimum absolute atomic E-state index is 0.101. The number of hydrogen-bond donors (Lipinski definition) is 0. The lowest BCUT2D eigenvalue weighted by molar-refractivity contribution is -0.154. The van der Waals surface area contributed by atoms with E-state index in [1.54, 1.807) is 0 Å². The molecule has 0 bridgehead atoms. The van der Waals surface area contributed by atoms with Gasteiger partial charge in [0, 0.05) is 24.8 Å². The summed E-state index contributed by atoms with van der Waals surface area (Å²) in [6.45, 7) is 15.2. The smallest absolute Gasteiger partial charge is 0.339 e. The molecular formula is C28H43NO5. The molecule has 2 rings (SSSR count). The number of anilines is 1. The van der Waals surface area contributed by atoms with Crippen molar-refractivity contribution >= 4 is 22.6 Å². The van der Waals surface area contributed by atoms with E-state index in [0.717, 1.165) is 62.7 Å². The molecule has 0 saturated heterocycles. The average molecular weight is 474 g/mol. The molecule has 0 radical (unpaired) electrons. The molecule has 1 aromatic carbocycles. The van der Waals surface area contributed by atoms with Gasteiger partial charge in [-0.2, -0.15) is 0 Å². The maximum atomic E-state index is 12.3. The molecule has 1 aromatic heterocycles. The Labute approximate surface area is 204 Å². The van der Waals surface area contributed by atoms with Crippen LogP contribution in [-0.2, 0) is 9.53 Å². The fourth-order valence-electron chi connectivity index (χ4n) is 3.88. The van der Waals surface area contributed by atoms with E-state index in [4.69, 9.17) is 13.9 Å². The van der Waals surface area contributed by atoms with E-state index >= 15 is 0 Å². The topological polar surface area (TPSA) is 69.0 Å². The second-order valence-electron chi connectivity index (χ2n) is 10.00. The van der Waals surface area contributed by atoms with Crippen molar-refractivity contribution in [1.82, 2.24) is 0 Å². The van der Waals surface area contributed by atoms with Gasteiger partial charge in [0.1, 0.15) is 11.3 Å². The molecule has 1 heterocycles. The molecule has 0 atom stereocenters. The molecule has 0 fully saturated rings. The Morgan fingerprint density at radius 3 is 2.35 bits per heavy atom. The first-order valence-electron chi connectivity index (χ1n) is 12.8. The van der Waals surface area contributed by atoms with Crippen molar-refractivity contribution < 1.29 is 18.7 Å². The number of carbonyl (C=O) groups excluding carboxylic acids is 1. The van der Waals surface area contributed by atoms with Crippen LogP contribution in [0, 0.1) is 11.3 Å². The fourth-order valence-corrected chi connectivity index (χ4v) is 3.88. The Kier molecular flexibility index (Phi) is 10.9. The van der Waals surface area contributed by atoms with Crippen LogP contribution in [0.15, 0.2) is 33.5 Å². The summed E-state index contributed by atoms with van der Waals surface area (Å²) < 4.78 is 16.9. The SMILES string of the molecule is CCN(CC)c1ccc2c(OCCCCCCOC(=O)C(C)(C)CCC(C)C)cc(=O)oc2c1. The average Bonchev–Trinajstić information content (AvgIpc) is 2.79. The van der Waals surface area contributed by atoms with E-state index in [9.17, 15) is 9.59 Å². The molecule has 6 heteroatoms. The number of carbonyl (C=O) groups is 1. The van der Waals surface area contributed by atoms with Crippen molar-refractivity contribution in [2.45, 2.75) is 80.1 Å². The summed E-state index contributed by atoms with van der Waals surface area (Å²) in [6.07, 6.45) is 5.53. The number of unbranched alkanes of at least 4 members (excludes halogenated alkanes) is 3. The number of benzene rings is 1. The van der Waals surface area contributed by atoms with Gasteiger partial charge in [-0.05, 0) is 84.3 Å². The number of esters is 1. The van der Waals surface area contributed by atoms with Crippen LogP contribution < -0.4 is 15.3 Å². The molecule has 0 aliphatic carbocycles. The highest BCUT2D eigenvalue weighted by Crippen LogP contribution is 2.28. The van der Waals surface area contributed by atoms with Gasteiger partial charge in [0.05, 0.1) is 30.1 Å². The number of fused-ring (bicyclic) bond motifs is 1. The van der Waals surface area contributed by atoms with Crippen molar-refractivity contribution in [3.05, 3.63) is 34.7 Å². The van der Waals surface area contributed by atoms with Gasteiger partial charge in [0.15, 0.2) is 0 Å². The van der Waals surface area contributed by atoms with Crippen LogP contribution in [-0.4, -0.2) is 32.3 Å². The Balaban J connectivity index is 1.75. The van der Waals surface area contributed by atoms with E-state index in [0.29, 0.717) is 30.5 Å². The molecule has 2 aromatic rings. The summed E-state index contributed by atoms with van der Waals surface area (Å²) in [5, 5.41) is 0.808. The first kappa shape index (κ1) is 27.7. The Bertz CT molecular complexity index is 959. The predicted octanol–water partition coefficient (Wildman–Crippen LogP) is 6.58. The second kappa shape index (κ2) is 13.4. The quantitative estimate of drug-likeness (QED) is 0.165. The van der Waals surface area contributed by atoms with E-state index in [1.807, 2.05) is 32.0 Å². The molecule has 0 aliphatic rings. The van der Waals surface area contributed by atoms with Gasteiger partial charge in [-0.3, -0.25) is 4.79 Å².